The topological polar surface area (TPSA) is 0 Å². The highest BCUT2D eigenvalue weighted by molar-refractivity contribution is 6.27. The van der Waals surface area contributed by atoms with Crippen molar-refractivity contribution in [1.29, 1.82) is 0 Å². The molecule has 0 radical (unpaired) electrons. The van der Waals surface area contributed by atoms with Crippen LogP contribution in [0.5, 0.6) is 0 Å². The molecule has 12 rings (SSSR count). The molecule has 0 aliphatic heterocycles. The number of hydrogen-bond donors (Lipinski definition) is 0. The standard InChI is InChI=1S/C55H36/c1-55(2)51-13-6-5-12-45(51)50-31-48-43-11-4-3-10-42(43)47-30-40(26-28-44(47)49(48)32-52(50)55)35-16-14-33(15-17-35)34-18-20-36(21-19-34)41-27-24-39-23-22-37-8-7-9-38-25-29-46(41)54(39)53(37)38/h3-32H,1-2H3. The van der Waals surface area contributed by atoms with Gasteiger partial charge in [-0.3, -0.25) is 0 Å². The van der Waals surface area contributed by atoms with Gasteiger partial charge in [-0.05, 0) is 138 Å². The van der Waals surface area contributed by atoms with Gasteiger partial charge in [0.1, 0.15) is 0 Å². The summed E-state index contributed by atoms with van der Waals surface area (Å²) in [5, 5.41) is 15.8. The predicted molar refractivity (Wildman–Crippen MR) is 237 cm³/mol. The van der Waals surface area contributed by atoms with Gasteiger partial charge in [-0.15, -0.1) is 0 Å². The van der Waals surface area contributed by atoms with Crippen molar-refractivity contribution in [2.45, 2.75) is 19.3 Å². The van der Waals surface area contributed by atoms with Crippen molar-refractivity contribution < 1.29 is 0 Å². The van der Waals surface area contributed by atoms with Gasteiger partial charge in [0, 0.05) is 5.41 Å². The van der Waals surface area contributed by atoms with Gasteiger partial charge < -0.3 is 0 Å². The second kappa shape index (κ2) is 11.1. The minimum Gasteiger partial charge on any atom is -0.0619 e. The van der Waals surface area contributed by atoms with E-state index in [-0.39, 0.29) is 5.41 Å². The highest BCUT2D eigenvalue weighted by Crippen LogP contribution is 2.51. The molecule has 256 valence electrons. The molecule has 0 atom stereocenters. The third-order valence-electron chi connectivity index (χ3n) is 12.8. The number of rotatable bonds is 3. The lowest BCUT2D eigenvalue weighted by Crippen LogP contribution is -2.14. The lowest BCUT2D eigenvalue weighted by molar-refractivity contribution is 0.661. The summed E-state index contributed by atoms with van der Waals surface area (Å²) in [6.45, 7) is 4.74. The van der Waals surface area contributed by atoms with Gasteiger partial charge >= 0.3 is 0 Å². The zero-order valence-corrected chi connectivity index (χ0v) is 30.8. The maximum Gasteiger partial charge on any atom is 0.0159 e. The Balaban J connectivity index is 0.915. The normalized spacial score (nSPS) is 13.4. The van der Waals surface area contributed by atoms with E-state index < -0.39 is 0 Å². The van der Waals surface area contributed by atoms with Crippen LogP contribution in [0.2, 0.25) is 0 Å². The molecule has 0 spiro atoms. The smallest absolute Gasteiger partial charge is 0.0159 e. The van der Waals surface area contributed by atoms with Crippen molar-refractivity contribution in [3.05, 3.63) is 193 Å². The van der Waals surface area contributed by atoms with Crippen molar-refractivity contribution in [2.24, 2.45) is 0 Å². The Labute approximate surface area is 320 Å². The van der Waals surface area contributed by atoms with Crippen LogP contribution in [-0.4, -0.2) is 0 Å². The Morgan fingerprint density at radius 1 is 0.273 bits per heavy atom. The fraction of sp³-hybridized carbons (Fsp3) is 0.0545. The van der Waals surface area contributed by atoms with E-state index in [1.165, 1.54) is 120 Å². The van der Waals surface area contributed by atoms with E-state index in [1.54, 1.807) is 0 Å². The van der Waals surface area contributed by atoms with Crippen molar-refractivity contribution in [2.75, 3.05) is 0 Å². The van der Waals surface area contributed by atoms with Crippen LogP contribution in [0.25, 0.3) is 109 Å². The lowest BCUT2D eigenvalue weighted by atomic mass is 9.81. The molecule has 55 heavy (non-hydrogen) atoms. The van der Waals surface area contributed by atoms with Crippen molar-refractivity contribution in [3.63, 3.8) is 0 Å². The largest absolute Gasteiger partial charge is 0.0619 e. The summed E-state index contributed by atoms with van der Waals surface area (Å²) >= 11 is 0. The molecular weight excluding hydrogens is 661 g/mol. The molecule has 0 saturated carbocycles. The monoisotopic (exact) mass is 696 g/mol. The van der Waals surface area contributed by atoms with Gasteiger partial charge in [0.05, 0.1) is 0 Å². The van der Waals surface area contributed by atoms with E-state index in [4.69, 9.17) is 0 Å². The molecule has 0 amide bonds. The van der Waals surface area contributed by atoms with Crippen LogP contribution >= 0.6 is 0 Å². The minimum atomic E-state index is -0.0380. The van der Waals surface area contributed by atoms with Crippen LogP contribution in [0.4, 0.5) is 0 Å². The summed E-state index contributed by atoms with van der Waals surface area (Å²) in [7, 11) is 0. The maximum absolute atomic E-state index is 2.49. The Morgan fingerprint density at radius 2 is 0.782 bits per heavy atom. The Morgan fingerprint density at radius 3 is 1.51 bits per heavy atom. The lowest BCUT2D eigenvalue weighted by Gasteiger charge is -2.22. The molecule has 0 bridgehead atoms. The Bertz CT molecular complexity index is 3340. The van der Waals surface area contributed by atoms with Gasteiger partial charge in [-0.2, -0.15) is 0 Å². The predicted octanol–water partition coefficient (Wildman–Crippen LogP) is 15.4. The van der Waals surface area contributed by atoms with Crippen LogP contribution in [0.15, 0.2) is 182 Å². The molecule has 0 unspecified atom stereocenters. The number of hydrogen-bond acceptors (Lipinski definition) is 0. The van der Waals surface area contributed by atoms with Crippen LogP contribution < -0.4 is 0 Å². The number of fused-ring (bicyclic) bond motifs is 9. The molecule has 1 aliphatic rings. The first-order chi connectivity index (χ1) is 27.0. The third kappa shape index (κ3) is 4.34. The van der Waals surface area contributed by atoms with E-state index >= 15 is 0 Å². The van der Waals surface area contributed by atoms with Gasteiger partial charge in [0.15, 0.2) is 0 Å². The van der Waals surface area contributed by atoms with Crippen LogP contribution in [0.3, 0.4) is 0 Å². The van der Waals surface area contributed by atoms with Crippen molar-refractivity contribution in [1.82, 2.24) is 0 Å². The molecule has 0 saturated heterocycles. The zero-order chi connectivity index (χ0) is 36.4. The second-order valence-electron chi connectivity index (χ2n) is 16.0. The highest BCUT2D eigenvalue weighted by Gasteiger charge is 2.35. The maximum atomic E-state index is 2.49. The summed E-state index contributed by atoms with van der Waals surface area (Å²) in [6, 6.07) is 68.4. The Hall–Kier alpha value is -6.76. The second-order valence-corrected chi connectivity index (χ2v) is 16.0. The van der Waals surface area contributed by atoms with E-state index in [0.717, 1.165) is 0 Å². The average molecular weight is 697 g/mol. The SMILES string of the molecule is CC1(C)c2ccccc2-c2cc3c4ccccc4c4cc(-c5ccc(-c6ccc(-c7ccc8ccc9cccc%10ccc7c8c9%10)cc6)cc5)ccc4c3cc21. The van der Waals surface area contributed by atoms with E-state index in [1.807, 2.05) is 0 Å². The van der Waals surface area contributed by atoms with Gasteiger partial charge in [-0.25, -0.2) is 0 Å². The van der Waals surface area contributed by atoms with Gasteiger partial charge in [0.2, 0.25) is 0 Å². The van der Waals surface area contributed by atoms with E-state index in [0.29, 0.717) is 0 Å². The summed E-state index contributed by atoms with van der Waals surface area (Å²) in [6.07, 6.45) is 0. The van der Waals surface area contributed by atoms with Gasteiger partial charge in [0.25, 0.3) is 0 Å². The summed E-state index contributed by atoms with van der Waals surface area (Å²) in [5.41, 5.74) is 13.0. The summed E-state index contributed by atoms with van der Waals surface area (Å²) in [5.74, 6) is 0. The van der Waals surface area contributed by atoms with Crippen LogP contribution in [0, 0.1) is 0 Å². The molecule has 0 aromatic heterocycles. The zero-order valence-electron chi connectivity index (χ0n) is 30.8. The minimum absolute atomic E-state index is 0.0380. The summed E-state index contributed by atoms with van der Waals surface area (Å²) in [4.78, 5) is 0. The van der Waals surface area contributed by atoms with E-state index in [2.05, 4.69) is 196 Å². The van der Waals surface area contributed by atoms with Crippen molar-refractivity contribution >= 4 is 64.6 Å². The highest BCUT2D eigenvalue weighted by atomic mass is 14.4. The first-order valence-corrected chi connectivity index (χ1v) is 19.4. The molecule has 11 aromatic carbocycles. The molecule has 0 nitrogen and oxygen atoms in total. The fourth-order valence-electron chi connectivity index (χ4n) is 10.0. The molecule has 1 aliphatic carbocycles. The number of benzene rings is 11. The molecular formula is C55H36. The van der Waals surface area contributed by atoms with Crippen LogP contribution in [-0.2, 0) is 5.41 Å². The molecule has 11 aromatic rings. The molecule has 0 heterocycles. The first-order valence-electron chi connectivity index (χ1n) is 19.4. The van der Waals surface area contributed by atoms with E-state index in [9.17, 15) is 0 Å². The quantitative estimate of drug-likeness (QED) is 0.161. The molecule has 0 N–H and O–H groups in total. The molecule has 0 heteroatoms. The summed E-state index contributed by atoms with van der Waals surface area (Å²) < 4.78 is 0. The Kier molecular flexibility index (Phi) is 6.21. The average Bonchev–Trinajstić information content (AvgIpc) is 3.47. The van der Waals surface area contributed by atoms with Crippen LogP contribution in [0.1, 0.15) is 25.0 Å². The van der Waals surface area contributed by atoms with Crippen molar-refractivity contribution in [3.8, 4) is 44.5 Å². The molecule has 0 fully saturated rings. The first kappa shape index (κ1) is 30.7. The van der Waals surface area contributed by atoms with Gasteiger partial charge in [-0.1, -0.05) is 178 Å². The fourth-order valence-corrected chi connectivity index (χ4v) is 10.0. The third-order valence-corrected chi connectivity index (χ3v) is 12.8.